The van der Waals surface area contributed by atoms with Crippen LogP contribution in [0.25, 0.3) is 5.76 Å². The van der Waals surface area contributed by atoms with Crippen molar-refractivity contribution in [3.63, 3.8) is 0 Å². The fraction of sp³-hybridized carbons (Fsp3) is 0.567. The maximum atomic E-state index is 14.1. The number of nitrogens with one attached hydrogen (secondary N) is 1. The maximum absolute atomic E-state index is 14.1. The van der Waals surface area contributed by atoms with Crippen molar-refractivity contribution in [1.82, 2.24) is 10.2 Å². The predicted octanol–water partition coefficient (Wildman–Crippen LogP) is 1.56. The number of hydrogen-bond acceptors (Lipinski definition) is 10. The highest BCUT2D eigenvalue weighted by Gasteiger charge is 2.64. The molecule has 11 heteroatoms. The van der Waals surface area contributed by atoms with Gasteiger partial charge in [0, 0.05) is 43.4 Å². The van der Waals surface area contributed by atoms with Gasteiger partial charge in [0.25, 0.3) is 5.91 Å². The fourth-order valence-electron chi connectivity index (χ4n) is 6.87. The van der Waals surface area contributed by atoms with Crippen LogP contribution in [0.5, 0.6) is 5.75 Å². The topological polar surface area (TPSA) is 177 Å². The number of phenolic OH excluding ortho intramolecular Hbond substituents is 1. The van der Waals surface area contributed by atoms with E-state index in [1.54, 1.807) is 14.1 Å². The number of primary amides is 1. The van der Waals surface area contributed by atoms with Gasteiger partial charge in [0.2, 0.25) is 5.78 Å². The monoisotopic (exact) mass is 570 g/mol. The Morgan fingerprint density at radius 1 is 1.15 bits per heavy atom. The van der Waals surface area contributed by atoms with Crippen LogP contribution in [0.1, 0.15) is 49.8 Å². The number of benzene rings is 1. The third-order valence-corrected chi connectivity index (χ3v) is 9.16. The van der Waals surface area contributed by atoms with Gasteiger partial charge >= 0.3 is 0 Å². The Kier molecular flexibility index (Phi) is 8.28. The molecule has 0 aromatic heterocycles. The molecule has 41 heavy (non-hydrogen) atoms. The van der Waals surface area contributed by atoms with Gasteiger partial charge in [-0.15, -0.1) is 0 Å². The van der Waals surface area contributed by atoms with Gasteiger partial charge in [-0.25, -0.2) is 0 Å². The van der Waals surface area contributed by atoms with E-state index in [0.29, 0.717) is 23.6 Å². The standard InChI is InChI=1S/C30H42N4O7/c1-7-14(8-2)12-32-13-16-11-19(33(3)4)17-9-15-10-18-23(34(5)6)26(37)22(29(31)40)28(39)30(18,41)27(38)20(15)25(36)21(17)24(16)35/h11,14-15,18,23,32,35-36,39,41H,7-10,12-13H2,1-6H3,(H2,31,40). The van der Waals surface area contributed by atoms with E-state index < -0.39 is 58.0 Å². The van der Waals surface area contributed by atoms with Crippen LogP contribution in [0.4, 0.5) is 5.69 Å². The summed E-state index contributed by atoms with van der Waals surface area (Å²) in [4.78, 5) is 42.8. The Labute approximate surface area is 240 Å². The number of amides is 1. The minimum Gasteiger partial charge on any atom is -0.508 e. The molecule has 1 aromatic rings. The average molecular weight is 571 g/mol. The average Bonchev–Trinajstić information content (AvgIpc) is 2.89. The lowest BCUT2D eigenvalue weighted by Gasteiger charge is -2.50. The van der Waals surface area contributed by atoms with Crippen molar-refractivity contribution in [2.24, 2.45) is 23.5 Å². The van der Waals surface area contributed by atoms with Crippen molar-refractivity contribution in [3.8, 4) is 5.75 Å². The Bertz CT molecular complexity index is 1340. The zero-order valence-electron chi connectivity index (χ0n) is 24.6. The van der Waals surface area contributed by atoms with Crippen molar-refractivity contribution in [3.05, 3.63) is 39.7 Å². The van der Waals surface area contributed by atoms with Crippen LogP contribution in [0.15, 0.2) is 23.0 Å². The van der Waals surface area contributed by atoms with Crippen molar-refractivity contribution >= 4 is 28.9 Å². The molecule has 4 atom stereocenters. The van der Waals surface area contributed by atoms with Gasteiger partial charge in [-0.05, 0) is 56.9 Å². The number of phenols is 1. The number of fused-ring (bicyclic) bond motifs is 3. The largest absolute Gasteiger partial charge is 0.508 e. The lowest BCUT2D eigenvalue weighted by molar-refractivity contribution is -0.153. The van der Waals surface area contributed by atoms with Crippen LogP contribution < -0.4 is 16.0 Å². The van der Waals surface area contributed by atoms with Gasteiger partial charge in [-0.2, -0.15) is 0 Å². The fourth-order valence-corrected chi connectivity index (χ4v) is 6.87. The number of nitrogens with two attached hydrogens (primary N) is 1. The van der Waals surface area contributed by atoms with E-state index in [0.717, 1.165) is 25.1 Å². The summed E-state index contributed by atoms with van der Waals surface area (Å²) in [5, 5.41) is 49.2. The Hall–Kier alpha value is -3.41. The van der Waals surface area contributed by atoms with E-state index in [9.17, 15) is 34.8 Å². The van der Waals surface area contributed by atoms with E-state index in [4.69, 9.17) is 5.73 Å². The second-order valence-electron chi connectivity index (χ2n) is 11.9. The number of aliphatic hydroxyl groups is 3. The Balaban J connectivity index is 1.88. The Morgan fingerprint density at radius 3 is 2.32 bits per heavy atom. The molecule has 1 saturated carbocycles. The third kappa shape index (κ3) is 4.69. The molecule has 0 saturated heterocycles. The third-order valence-electron chi connectivity index (χ3n) is 9.16. The van der Waals surface area contributed by atoms with Crippen molar-refractivity contribution in [2.75, 3.05) is 39.6 Å². The molecule has 1 fully saturated rings. The molecule has 0 radical (unpaired) electrons. The first kappa shape index (κ1) is 30.5. The number of likely N-dealkylation sites (N-methyl/N-ethyl adjacent to an activating group) is 1. The second-order valence-corrected chi connectivity index (χ2v) is 11.9. The molecule has 0 heterocycles. The van der Waals surface area contributed by atoms with Gasteiger partial charge in [-0.3, -0.25) is 19.3 Å². The van der Waals surface area contributed by atoms with E-state index in [1.807, 2.05) is 25.1 Å². The summed E-state index contributed by atoms with van der Waals surface area (Å²) in [6, 6.07) is 0.756. The minimum atomic E-state index is -2.65. The number of carbonyl (C=O) groups excluding carboxylic acids is 3. The molecule has 1 amide bonds. The summed E-state index contributed by atoms with van der Waals surface area (Å²) in [6.45, 7) is 5.33. The van der Waals surface area contributed by atoms with E-state index in [2.05, 4.69) is 19.2 Å². The van der Waals surface area contributed by atoms with Crippen molar-refractivity contribution < 1.29 is 34.8 Å². The zero-order chi connectivity index (χ0) is 30.5. The Morgan fingerprint density at radius 2 is 1.78 bits per heavy atom. The van der Waals surface area contributed by atoms with Gasteiger partial charge in [0.1, 0.15) is 22.8 Å². The molecular weight excluding hydrogens is 528 g/mol. The quantitative estimate of drug-likeness (QED) is 0.239. The van der Waals surface area contributed by atoms with Gasteiger partial charge in [-0.1, -0.05) is 26.7 Å². The number of hydrogen-bond donors (Lipinski definition) is 6. The SMILES string of the molecule is CCC(CC)CNCc1cc(N(C)C)c2c(c1O)C(O)=C1C(=O)C3(O)C(O)=C(C(N)=O)C(=O)C(N(C)C)C3CC1C2. The number of aliphatic hydroxyl groups excluding tert-OH is 2. The molecule has 0 spiro atoms. The molecule has 3 aliphatic rings. The summed E-state index contributed by atoms with van der Waals surface area (Å²) in [6.07, 6.45) is 2.33. The van der Waals surface area contributed by atoms with E-state index in [-0.39, 0.29) is 29.7 Å². The molecule has 4 unspecified atom stereocenters. The second kappa shape index (κ2) is 11.1. The van der Waals surface area contributed by atoms with Gasteiger partial charge in [0.05, 0.1) is 11.6 Å². The molecule has 0 bridgehead atoms. The molecule has 3 aliphatic carbocycles. The van der Waals surface area contributed by atoms with Crippen LogP contribution in [0.2, 0.25) is 0 Å². The first-order valence-electron chi connectivity index (χ1n) is 14.1. The lowest BCUT2D eigenvalue weighted by Crippen LogP contribution is -2.65. The van der Waals surface area contributed by atoms with Gasteiger partial charge < -0.3 is 36.4 Å². The molecular formula is C30H42N4O7. The minimum absolute atomic E-state index is 0.0537. The summed E-state index contributed by atoms with van der Waals surface area (Å²) < 4.78 is 0. The summed E-state index contributed by atoms with van der Waals surface area (Å²) in [5.74, 6) is -6.03. The lowest BCUT2D eigenvalue weighted by atomic mass is 9.57. The highest BCUT2D eigenvalue weighted by Crippen LogP contribution is 2.54. The number of nitrogens with zero attached hydrogens (tertiary/aromatic N) is 2. The normalized spacial score (nSPS) is 25.9. The number of Topliss-reactive ketones (excluding diaryl/α,β-unsaturated/α-hetero) is 2. The molecule has 4 rings (SSSR count). The van der Waals surface area contributed by atoms with Crippen molar-refractivity contribution in [2.45, 2.75) is 57.7 Å². The summed E-state index contributed by atoms with van der Waals surface area (Å²) in [5.41, 5.74) is 3.81. The number of rotatable bonds is 9. The number of carbonyl (C=O) groups is 3. The molecule has 0 aliphatic heterocycles. The van der Waals surface area contributed by atoms with Crippen LogP contribution in [0.3, 0.4) is 0 Å². The van der Waals surface area contributed by atoms with Crippen LogP contribution in [0, 0.1) is 17.8 Å². The number of aromatic hydroxyl groups is 1. The van der Waals surface area contributed by atoms with Crippen LogP contribution in [-0.4, -0.2) is 89.2 Å². The highest BCUT2D eigenvalue weighted by atomic mass is 16.3. The molecule has 11 nitrogen and oxygen atoms in total. The maximum Gasteiger partial charge on any atom is 0.255 e. The van der Waals surface area contributed by atoms with Crippen molar-refractivity contribution in [1.29, 1.82) is 0 Å². The zero-order valence-corrected chi connectivity index (χ0v) is 24.6. The number of ketones is 2. The van der Waals surface area contributed by atoms with E-state index in [1.165, 1.54) is 4.90 Å². The summed E-state index contributed by atoms with van der Waals surface area (Å²) >= 11 is 0. The van der Waals surface area contributed by atoms with E-state index >= 15 is 0 Å². The summed E-state index contributed by atoms with van der Waals surface area (Å²) in [7, 11) is 6.86. The van der Waals surface area contributed by atoms with Crippen LogP contribution >= 0.6 is 0 Å². The smallest absolute Gasteiger partial charge is 0.255 e. The first-order valence-corrected chi connectivity index (χ1v) is 14.1. The molecule has 224 valence electrons. The predicted molar refractivity (Wildman–Crippen MR) is 154 cm³/mol. The first-order chi connectivity index (χ1) is 19.2. The molecule has 7 N–H and O–H groups in total. The van der Waals surface area contributed by atoms with Gasteiger partial charge in [0.15, 0.2) is 11.4 Å². The van der Waals surface area contributed by atoms with Crippen LogP contribution in [-0.2, 0) is 27.3 Å². The number of anilines is 1. The highest BCUT2D eigenvalue weighted by molar-refractivity contribution is 6.24. The molecule has 1 aromatic carbocycles.